The van der Waals surface area contributed by atoms with Crippen LogP contribution in [0.25, 0.3) is 0 Å². The van der Waals surface area contributed by atoms with Crippen molar-refractivity contribution in [1.29, 1.82) is 0 Å². The molecule has 12 atom stereocenters. The zero-order valence-corrected chi connectivity index (χ0v) is 22.1. The first-order chi connectivity index (χ1) is 16.6. The summed E-state index contributed by atoms with van der Waals surface area (Å²) >= 11 is 0. The number of carbonyl (C=O) groups is 1. The molecule has 5 heteroatoms. The van der Waals surface area contributed by atoms with Gasteiger partial charge in [0, 0.05) is 6.92 Å². The van der Waals surface area contributed by atoms with Crippen molar-refractivity contribution in [3.8, 4) is 0 Å². The molecular formula is C30H46O5. The van der Waals surface area contributed by atoms with Gasteiger partial charge in [0.15, 0.2) is 6.10 Å². The lowest BCUT2D eigenvalue weighted by molar-refractivity contribution is -0.206. The Hall–Kier alpha value is -1.17. The summed E-state index contributed by atoms with van der Waals surface area (Å²) in [4.78, 5) is 11.7. The second-order valence-electron chi connectivity index (χ2n) is 13.0. The van der Waals surface area contributed by atoms with Gasteiger partial charge in [-0.3, -0.25) is 4.79 Å². The van der Waals surface area contributed by atoms with Crippen molar-refractivity contribution >= 4 is 5.97 Å². The number of allylic oxidation sites excluding steroid dienone is 2. The first-order valence-electron chi connectivity index (χ1n) is 14.1. The van der Waals surface area contributed by atoms with E-state index >= 15 is 0 Å². The Labute approximate surface area is 211 Å². The highest BCUT2D eigenvalue weighted by molar-refractivity contribution is 5.66. The highest BCUT2D eigenvalue weighted by atomic mass is 16.6. The zero-order valence-electron chi connectivity index (χ0n) is 22.1. The van der Waals surface area contributed by atoms with Crippen molar-refractivity contribution in [2.75, 3.05) is 0 Å². The lowest BCUT2D eigenvalue weighted by atomic mass is 9.47. The molecule has 0 saturated heterocycles. The molecule has 0 spiro atoms. The van der Waals surface area contributed by atoms with Gasteiger partial charge >= 0.3 is 5.97 Å². The molecule has 0 bridgehead atoms. The van der Waals surface area contributed by atoms with Gasteiger partial charge in [-0.2, -0.15) is 0 Å². The van der Waals surface area contributed by atoms with E-state index in [0.717, 1.165) is 37.0 Å². The fraction of sp³-hybridized carbons (Fsp3) is 0.833. The lowest BCUT2D eigenvalue weighted by Crippen LogP contribution is -2.56. The molecule has 2 N–H and O–H groups in total. The summed E-state index contributed by atoms with van der Waals surface area (Å²) in [6, 6.07) is 0. The summed E-state index contributed by atoms with van der Waals surface area (Å²) in [6.45, 7) is 12.5. The van der Waals surface area contributed by atoms with Crippen LogP contribution in [0.1, 0.15) is 85.5 Å². The molecule has 0 aromatic carbocycles. The molecule has 4 saturated carbocycles. The third-order valence-corrected chi connectivity index (χ3v) is 11.3. The molecule has 0 radical (unpaired) electrons. The maximum atomic E-state index is 11.7. The average Bonchev–Trinajstić information content (AvgIpc) is 3.16. The fourth-order valence-electron chi connectivity index (χ4n) is 9.28. The minimum atomic E-state index is -1.11. The van der Waals surface area contributed by atoms with Crippen LogP contribution < -0.4 is 0 Å². The Kier molecular flexibility index (Phi) is 6.76. The van der Waals surface area contributed by atoms with Crippen LogP contribution in [0, 0.1) is 40.4 Å². The third-order valence-electron chi connectivity index (χ3n) is 11.3. The zero-order chi connectivity index (χ0) is 25.1. The maximum absolute atomic E-state index is 11.7. The molecule has 0 heterocycles. The molecule has 35 heavy (non-hydrogen) atoms. The Morgan fingerprint density at radius 2 is 1.89 bits per heavy atom. The molecule has 5 rings (SSSR count). The van der Waals surface area contributed by atoms with E-state index in [2.05, 4.69) is 32.6 Å². The monoisotopic (exact) mass is 486 g/mol. The SMILES string of the molecule is C=CC1CC[C@H]2[C@@H]3CC=C4CC(OC5CC(C)C(O)C(O)C5OC(C)=O)CC[C@]4(C)C3CC[C@]12C. The second-order valence-corrected chi connectivity index (χ2v) is 13.0. The van der Waals surface area contributed by atoms with E-state index in [4.69, 9.17) is 9.47 Å². The molecule has 5 aliphatic rings. The van der Waals surface area contributed by atoms with Gasteiger partial charge in [-0.25, -0.2) is 0 Å². The smallest absolute Gasteiger partial charge is 0.303 e. The maximum Gasteiger partial charge on any atom is 0.303 e. The molecule has 0 aromatic rings. The number of aliphatic hydroxyl groups excluding tert-OH is 2. The molecule has 0 amide bonds. The summed E-state index contributed by atoms with van der Waals surface area (Å²) in [6.07, 6.45) is 11.8. The first kappa shape index (κ1) is 25.5. The predicted octanol–water partition coefficient (Wildman–Crippen LogP) is 5.20. The standard InChI is InChI=1S/C30H46O5/c1-6-19-8-10-23-22-9-7-20-16-21(11-13-30(20,5)24(22)12-14-29(19,23)4)35-25-15-17(2)26(32)27(33)28(25)34-18(3)31/h6-7,17,19,21-28,32-33H,1,8-16H2,2-5H3/t17?,19?,21?,22-,23-,24?,25?,26?,27?,28?,29+,30-/m0/s1. The van der Waals surface area contributed by atoms with Crippen molar-refractivity contribution in [3.05, 3.63) is 24.3 Å². The van der Waals surface area contributed by atoms with Crippen molar-refractivity contribution in [2.24, 2.45) is 40.4 Å². The second kappa shape index (κ2) is 9.29. The summed E-state index contributed by atoms with van der Waals surface area (Å²) in [5.74, 6) is 2.48. The van der Waals surface area contributed by atoms with E-state index in [0.29, 0.717) is 17.8 Å². The highest BCUT2D eigenvalue weighted by Crippen LogP contribution is 2.66. The molecule has 0 aliphatic heterocycles. The van der Waals surface area contributed by atoms with Gasteiger partial charge in [0.1, 0.15) is 6.10 Å². The Bertz CT molecular complexity index is 867. The number of esters is 1. The largest absolute Gasteiger partial charge is 0.457 e. The van der Waals surface area contributed by atoms with E-state index in [1.165, 1.54) is 39.0 Å². The van der Waals surface area contributed by atoms with E-state index < -0.39 is 24.3 Å². The topological polar surface area (TPSA) is 76.0 Å². The molecule has 4 fully saturated rings. The van der Waals surface area contributed by atoms with Crippen LogP contribution in [0.5, 0.6) is 0 Å². The Morgan fingerprint density at radius 1 is 1.11 bits per heavy atom. The number of fused-ring (bicyclic) bond motifs is 5. The third kappa shape index (κ3) is 4.14. The number of ether oxygens (including phenoxy) is 2. The van der Waals surface area contributed by atoms with Gasteiger partial charge in [0.25, 0.3) is 0 Å². The van der Waals surface area contributed by atoms with E-state index in [1.54, 1.807) is 5.57 Å². The fourth-order valence-corrected chi connectivity index (χ4v) is 9.28. The van der Waals surface area contributed by atoms with Crippen molar-refractivity contribution in [2.45, 2.75) is 116 Å². The average molecular weight is 487 g/mol. The molecular weight excluding hydrogens is 440 g/mol. The van der Waals surface area contributed by atoms with Crippen molar-refractivity contribution < 1.29 is 24.5 Å². The van der Waals surface area contributed by atoms with Gasteiger partial charge in [0.2, 0.25) is 0 Å². The summed E-state index contributed by atoms with van der Waals surface area (Å²) in [5, 5.41) is 21.0. The molecule has 5 aliphatic carbocycles. The number of carbonyl (C=O) groups excluding carboxylic acids is 1. The Balaban J connectivity index is 1.30. The van der Waals surface area contributed by atoms with Crippen LogP contribution >= 0.6 is 0 Å². The van der Waals surface area contributed by atoms with Gasteiger partial charge in [-0.15, -0.1) is 6.58 Å². The van der Waals surface area contributed by atoms with Gasteiger partial charge in [0.05, 0.1) is 18.3 Å². The van der Waals surface area contributed by atoms with Crippen molar-refractivity contribution in [3.63, 3.8) is 0 Å². The number of hydrogen-bond donors (Lipinski definition) is 2. The first-order valence-corrected chi connectivity index (χ1v) is 14.1. The predicted molar refractivity (Wildman–Crippen MR) is 135 cm³/mol. The van der Waals surface area contributed by atoms with Crippen LogP contribution in [-0.4, -0.2) is 46.7 Å². The number of aliphatic hydroxyl groups is 2. The summed E-state index contributed by atoms with van der Waals surface area (Å²) in [7, 11) is 0. The number of rotatable bonds is 4. The summed E-state index contributed by atoms with van der Waals surface area (Å²) < 4.78 is 12.0. The van der Waals surface area contributed by atoms with Crippen LogP contribution in [-0.2, 0) is 14.3 Å². The minimum absolute atomic E-state index is 0.0639. The van der Waals surface area contributed by atoms with Crippen LogP contribution in [0.15, 0.2) is 24.3 Å². The van der Waals surface area contributed by atoms with E-state index in [9.17, 15) is 15.0 Å². The summed E-state index contributed by atoms with van der Waals surface area (Å²) in [5.41, 5.74) is 2.24. The lowest BCUT2D eigenvalue weighted by Gasteiger charge is -2.58. The highest BCUT2D eigenvalue weighted by Gasteiger charge is 2.58. The van der Waals surface area contributed by atoms with Crippen LogP contribution in [0.2, 0.25) is 0 Å². The van der Waals surface area contributed by atoms with Gasteiger partial charge in [-0.05, 0) is 98.2 Å². The molecule has 196 valence electrons. The van der Waals surface area contributed by atoms with Crippen LogP contribution in [0.4, 0.5) is 0 Å². The van der Waals surface area contributed by atoms with Gasteiger partial charge in [-0.1, -0.05) is 38.5 Å². The molecule has 5 nitrogen and oxygen atoms in total. The van der Waals surface area contributed by atoms with Crippen LogP contribution in [0.3, 0.4) is 0 Å². The molecule has 0 aromatic heterocycles. The minimum Gasteiger partial charge on any atom is -0.457 e. The number of hydrogen-bond acceptors (Lipinski definition) is 5. The van der Waals surface area contributed by atoms with Crippen molar-refractivity contribution in [1.82, 2.24) is 0 Å². The molecule has 8 unspecified atom stereocenters. The van der Waals surface area contributed by atoms with Gasteiger partial charge < -0.3 is 19.7 Å². The van der Waals surface area contributed by atoms with E-state index in [1.807, 2.05) is 6.92 Å². The van der Waals surface area contributed by atoms with E-state index in [-0.39, 0.29) is 23.5 Å². The Morgan fingerprint density at radius 3 is 2.60 bits per heavy atom. The quantitative estimate of drug-likeness (QED) is 0.422. The normalized spacial score (nSPS) is 51.4.